The first kappa shape index (κ1) is 36.8. The normalized spacial score (nSPS) is 12.8. The van der Waals surface area contributed by atoms with Crippen LogP contribution < -0.4 is 29.6 Å². The Balaban J connectivity index is 0. The van der Waals surface area contributed by atoms with Crippen molar-refractivity contribution in [3.05, 3.63) is 12.2 Å². The van der Waals surface area contributed by atoms with Crippen molar-refractivity contribution in [2.45, 2.75) is 155 Å². The Kier molecular flexibility index (Phi) is 30.5. The molecule has 4 nitrogen and oxygen atoms in total. The van der Waals surface area contributed by atoms with Crippen LogP contribution in [0.25, 0.3) is 0 Å². The van der Waals surface area contributed by atoms with Crippen LogP contribution >= 0.6 is 0 Å². The first-order valence-electron chi connectivity index (χ1n) is 14.3. The van der Waals surface area contributed by atoms with Gasteiger partial charge in [-0.2, -0.15) is 0 Å². The van der Waals surface area contributed by atoms with Crippen LogP contribution in [-0.2, 0) is 14.6 Å². The maximum Gasteiger partial charge on any atom is 1.00 e. The second-order valence-corrected chi connectivity index (χ2v) is 10.9. The molecule has 1 unspecified atom stereocenters. The number of allylic oxidation sites excluding steroid dienone is 1. The van der Waals surface area contributed by atoms with E-state index in [0.717, 1.165) is 25.7 Å². The number of unbranched alkanes of at least 4 members (excludes halogenated alkanes) is 19. The van der Waals surface area contributed by atoms with Gasteiger partial charge >= 0.3 is 29.6 Å². The van der Waals surface area contributed by atoms with E-state index in [1.165, 1.54) is 116 Å². The minimum Gasteiger partial charge on any atom is -0.726 e. The Morgan fingerprint density at radius 3 is 1.44 bits per heavy atom. The molecule has 34 heavy (non-hydrogen) atoms. The fourth-order valence-electron chi connectivity index (χ4n) is 4.34. The van der Waals surface area contributed by atoms with Gasteiger partial charge in [0, 0.05) is 5.92 Å². The Hall–Kier alpha value is 0.610. The van der Waals surface area contributed by atoms with Crippen molar-refractivity contribution in [2.75, 3.05) is 6.61 Å². The summed E-state index contributed by atoms with van der Waals surface area (Å²) in [6.07, 6.45) is 32.4. The van der Waals surface area contributed by atoms with Gasteiger partial charge in [-0.05, 0) is 19.3 Å². The molecule has 0 aliphatic carbocycles. The topological polar surface area (TPSA) is 66.4 Å². The van der Waals surface area contributed by atoms with Crippen LogP contribution in [0.5, 0.6) is 0 Å². The maximum atomic E-state index is 10.8. The summed E-state index contributed by atoms with van der Waals surface area (Å²) in [5, 5.41) is 0. The van der Waals surface area contributed by atoms with Gasteiger partial charge in [-0.25, -0.2) is 8.42 Å². The molecule has 0 saturated heterocycles. The minimum absolute atomic E-state index is 0. The summed E-state index contributed by atoms with van der Waals surface area (Å²) in [4.78, 5) is 0. The molecule has 0 spiro atoms. The van der Waals surface area contributed by atoms with Gasteiger partial charge in [0.25, 0.3) is 0 Å². The second kappa shape index (κ2) is 28.2. The van der Waals surface area contributed by atoms with Gasteiger partial charge in [0.2, 0.25) is 10.4 Å². The van der Waals surface area contributed by atoms with E-state index in [2.05, 4.69) is 30.2 Å². The summed E-state index contributed by atoms with van der Waals surface area (Å²) in [6, 6.07) is 0. The third kappa shape index (κ3) is 30.6. The molecule has 0 saturated carbocycles. The van der Waals surface area contributed by atoms with E-state index in [0.29, 0.717) is 0 Å². The fourth-order valence-corrected chi connectivity index (χ4v) is 4.68. The second-order valence-electron chi connectivity index (χ2n) is 9.82. The molecule has 0 N–H and O–H groups in total. The predicted octanol–water partition coefficient (Wildman–Crippen LogP) is 6.26. The SMILES string of the molecule is CCCCCC/C=C/C(CCCCCCCCCCCCCCCCCC)COS(=O)(=O)[O-].[Na+]. The molecule has 198 valence electrons. The van der Waals surface area contributed by atoms with Crippen LogP contribution in [0.4, 0.5) is 0 Å². The van der Waals surface area contributed by atoms with Crippen LogP contribution in [0, 0.1) is 5.92 Å². The van der Waals surface area contributed by atoms with E-state index < -0.39 is 10.4 Å². The molecule has 0 aliphatic heterocycles. The standard InChI is InChI=1S/C28H56O4S.Na/c1-3-5-7-9-11-12-13-14-15-16-17-18-19-20-22-24-26-28(27-32-33(29,30)31)25-23-21-10-8-6-4-2;/h23,25,28H,3-22,24,26-27H2,1-2H3,(H,29,30,31);/q;+1/p-1/b25-23+;. The molecular formula is C28H55NaO4S. The molecule has 0 fully saturated rings. The molecule has 0 rings (SSSR count). The monoisotopic (exact) mass is 510 g/mol. The van der Waals surface area contributed by atoms with Gasteiger partial charge in [0.05, 0.1) is 6.61 Å². The van der Waals surface area contributed by atoms with Crippen molar-refractivity contribution in [3.63, 3.8) is 0 Å². The summed E-state index contributed by atoms with van der Waals surface area (Å²) in [5.41, 5.74) is 0. The molecule has 6 heteroatoms. The van der Waals surface area contributed by atoms with E-state index in [-0.39, 0.29) is 42.1 Å². The fraction of sp³-hybridized carbons (Fsp3) is 0.929. The smallest absolute Gasteiger partial charge is 0.726 e. The molecule has 0 bridgehead atoms. The Morgan fingerprint density at radius 2 is 1.03 bits per heavy atom. The van der Waals surface area contributed by atoms with Crippen LogP contribution in [0.3, 0.4) is 0 Å². The first-order valence-corrected chi connectivity index (χ1v) is 15.6. The molecule has 0 aliphatic rings. The summed E-state index contributed by atoms with van der Waals surface area (Å²) in [5.74, 6) is 0.0199. The zero-order valence-electron chi connectivity index (χ0n) is 23.0. The molecule has 0 amide bonds. The molecule has 0 aromatic rings. The zero-order valence-corrected chi connectivity index (χ0v) is 25.9. The van der Waals surface area contributed by atoms with Gasteiger partial charge in [-0.1, -0.05) is 148 Å². The van der Waals surface area contributed by atoms with Crippen LogP contribution in [-0.4, -0.2) is 19.6 Å². The molecular weight excluding hydrogens is 455 g/mol. The molecule has 1 atom stereocenters. The van der Waals surface area contributed by atoms with Gasteiger partial charge < -0.3 is 4.55 Å². The maximum absolute atomic E-state index is 10.8. The average molecular weight is 511 g/mol. The van der Waals surface area contributed by atoms with E-state index in [1.54, 1.807) is 0 Å². The molecule has 0 heterocycles. The summed E-state index contributed by atoms with van der Waals surface area (Å²) in [7, 11) is -4.61. The van der Waals surface area contributed by atoms with Crippen LogP contribution in [0.2, 0.25) is 0 Å². The quantitative estimate of drug-likeness (QED) is 0.0453. The van der Waals surface area contributed by atoms with Gasteiger partial charge in [0.15, 0.2) is 0 Å². The van der Waals surface area contributed by atoms with E-state index in [9.17, 15) is 13.0 Å². The van der Waals surface area contributed by atoms with Crippen molar-refractivity contribution in [2.24, 2.45) is 5.92 Å². The van der Waals surface area contributed by atoms with Gasteiger partial charge in [-0.3, -0.25) is 4.18 Å². The minimum atomic E-state index is -4.61. The summed E-state index contributed by atoms with van der Waals surface area (Å²) in [6.45, 7) is 4.45. The van der Waals surface area contributed by atoms with E-state index in [4.69, 9.17) is 0 Å². The van der Waals surface area contributed by atoms with E-state index >= 15 is 0 Å². The summed E-state index contributed by atoms with van der Waals surface area (Å²) >= 11 is 0. The Bertz CT molecular complexity index is 522. The van der Waals surface area contributed by atoms with Crippen LogP contribution in [0.1, 0.15) is 155 Å². The number of hydrogen-bond acceptors (Lipinski definition) is 4. The van der Waals surface area contributed by atoms with Crippen LogP contribution in [0.15, 0.2) is 12.2 Å². The van der Waals surface area contributed by atoms with Gasteiger partial charge in [-0.15, -0.1) is 0 Å². The number of rotatable bonds is 26. The Labute approximate surface area is 235 Å². The molecule has 0 radical (unpaired) electrons. The van der Waals surface area contributed by atoms with Crippen molar-refractivity contribution in [3.8, 4) is 0 Å². The van der Waals surface area contributed by atoms with Crippen molar-refractivity contribution in [1.29, 1.82) is 0 Å². The third-order valence-electron chi connectivity index (χ3n) is 6.49. The van der Waals surface area contributed by atoms with Crippen molar-refractivity contribution >= 4 is 10.4 Å². The first-order chi connectivity index (χ1) is 16.0. The molecule has 0 aromatic heterocycles. The molecule has 0 aromatic carbocycles. The van der Waals surface area contributed by atoms with Gasteiger partial charge in [0.1, 0.15) is 0 Å². The van der Waals surface area contributed by atoms with Crippen molar-refractivity contribution in [1.82, 2.24) is 0 Å². The third-order valence-corrected chi connectivity index (χ3v) is 6.91. The van der Waals surface area contributed by atoms with Crippen molar-refractivity contribution < 1.29 is 46.7 Å². The predicted molar refractivity (Wildman–Crippen MR) is 141 cm³/mol. The average Bonchev–Trinajstić information content (AvgIpc) is 2.78. The Morgan fingerprint density at radius 1 is 0.647 bits per heavy atom. The number of hydrogen-bond donors (Lipinski definition) is 0. The van der Waals surface area contributed by atoms with E-state index in [1.807, 2.05) is 0 Å². The zero-order chi connectivity index (χ0) is 24.5. The summed E-state index contributed by atoms with van der Waals surface area (Å²) < 4.78 is 36.9. The largest absolute Gasteiger partial charge is 1.00 e.